The van der Waals surface area contributed by atoms with Crippen LogP contribution in [0.4, 0.5) is 0 Å². The summed E-state index contributed by atoms with van der Waals surface area (Å²) in [6.45, 7) is 2.58. The molecule has 0 N–H and O–H groups in total. The quantitative estimate of drug-likeness (QED) is 0.662. The fourth-order valence-corrected chi connectivity index (χ4v) is 1.93. The highest BCUT2D eigenvalue weighted by molar-refractivity contribution is 9.09. The molecule has 1 unspecified atom stereocenters. The van der Waals surface area contributed by atoms with Gasteiger partial charge in [-0.3, -0.25) is 0 Å². The van der Waals surface area contributed by atoms with E-state index < -0.39 is 0 Å². The van der Waals surface area contributed by atoms with Crippen molar-refractivity contribution in [2.75, 3.05) is 25.5 Å². The van der Waals surface area contributed by atoms with Crippen molar-refractivity contribution in [3.8, 4) is 0 Å². The molecule has 0 radical (unpaired) electrons. The Kier molecular flexibility index (Phi) is 6.07. The van der Waals surface area contributed by atoms with E-state index in [-0.39, 0.29) is 17.0 Å². The molecule has 1 aliphatic rings. The summed E-state index contributed by atoms with van der Waals surface area (Å²) in [5, 5.41) is 1.18. The zero-order chi connectivity index (χ0) is 6.69. The van der Waals surface area contributed by atoms with E-state index in [4.69, 9.17) is 0 Å². The molecule has 1 fully saturated rings. The Balaban J connectivity index is 0.000000810. The molecule has 0 amide bonds. The summed E-state index contributed by atoms with van der Waals surface area (Å²) in [6, 6.07) is 0. The van der Waals surface area contributed by atoms with Crippen molar-refractivity contribution < 1.29 is 0 Å². The Morgan fingerprint density at radius 2 is 2.30 bits per heavy atom. The number of hydrogen-bond acceptors (Lipinski definition) is 1. The van der Waals surface area contributed by atoms with Crippen LogP contribution in [-0.4, -0.2) is 30.4 Å². The van der Waals surface area contributed by atoms with Crippen molar-refractivity contribution in [3.63, 3.8) is 0 Å². The molecule has 0 saturated carbocycles. The fraction of sp³-hybridized carbons (Fsp3) is 1.00. The average Bonchev–Trinajstić information content (AvgIpc) is 1.88. The molecular weight excluding hydrogens is 258 g/mol. The topological polar surface area (TPSA) is 3.24 Å². The van der Waals surface area contributed by atoms with Crippen LogP contribution in [0.1, 0.15) is 12.8 Å². The van der Waals surface area contributed by atoms with Crippen LogP contribution in [0, 0.1) is 5.92 Å². The van der Waals surface area contributed by atoms with Gasteiger partial charge in [-0.15, -0.1) is 17.0 Å². The predicted molar refractivity (Wildman–Crippen MR) is 54.3 cm³/mol. The molecule has 0 aromatic heterocycles. The first-order chi connectivity index (χ1) is 4.33. The number of piperidine rings is 1. The van der Waals surface area contributed by atoms with Gasteiger partial charge in [0, 0.05) is 11.9 Å². The molecule has 0 aromatic rings. The van der Waals surface area contributed by atoms with Crippen LogP contribution in [0.5, 0.6) is 0 Å². The first kappa shape index (κ1) is 10.9. The van der Waals surface area contributed by atoms with Crippen molar-refractivity contribution in [2.24, 2.45) is 5.92 Å². The summed E-state index contributed by atoms with van der Waals surface area (Å²) in [4.78, 5) is 2.41. The second-order valence-electron chi connectivity index (χ2n) is 2.92. The number of halogens is 2. The third kappa shape index (κ3) is 3.35. The first-order valence-corrected chi connectivity index (χ1v) is 4.69. The molecule has 10 heavy (non-hydrogen) atoms. The highest BCUT2D eigenvalue weighted by Crippen LogP contribution is 2.16. The molecule has 0 aliphatic carbocycles. The first-order valence-electron chi connectivity index (χ1n) is 3.57. The Labute approximate surface area is 82.1 Å². The number of rotatable bonds is 1. The number of hydrogen-bond donors (Lipinski definition) is 0. The number of nitrogens with zero attached hydrogens (tertiary/aromatic N) is 1. The van der Waals surface area contributed by atoms with Crippen LogP contribution in [0.3, 0.4) is 0 Å². The lowest BCUT2D eigenvalue weighted by molar-refractivity contribution is 0.225. The van der Waals surface area contributed by atoms with Gasteiger partial charge in [0.25, 0.3) is 0 Å². The molecule has 1 saturated heterocycles. The highest BCUT2D eigenvalue weighted by atomic mass is 79.9. The monoisotopic (exact) mass is 271 g/mol. The maximum atomic E-state index is 3.51. The summed E-state index contributed by atoms with van der Waals surface area (Å²) < 4.78 is 0. The Bertz CT molecular complexity index is 87.7. The van der Waals surface area contributed by atoms with Gasteiger partial charge in [0.15, 0.2) is 0 Å². The van der Waals surface area contributed by atoms with Crippen molar-refractivity contribution in [1.29, 1.82) is 0 Å². The normalized spacial score (nSPS) is 27.6. The molecule has 1 atom stereocenters. The van der Waals surface area contributed by atoms with Gasteiger partial charge in [0.05, 0.1) is 0 Å². The second kappa shape index (κ2) is 5.56. The fourth-order valence-electron chi connectivity index (χ4n) is 1.40. The van der Waals surface area contributed by atoms with Crippen LogP contribution >= 0.6 is 32.9 Å². The second-order valence-corrected chi connectivity index (χ2v) is 3.57. The molecule has 62 valence electrons. The van der Waals surface area contributed by atoms with Gasteiger partial charge >= 0.3 is 0 Å². The summed E-state index contributed by atoms with van der Waals surface area (Å²) in [5.74, 6) is 0.906. The molecule has 1 heterocycles. The molecule has 3 heteroatoms. The minimum Gasteiger partial charge on any atom is -0.306 e. The van der Waals surface area contributed by atoms with Crippen molar-refractivity contribution >= 4 is 32.9 Å². The van der Waals surface area contributed by atoms with Gasteiger partial charge in [-0.2, -0.15) is 0 Å². The maximum absolute atomic E-state index is 3.51. The van der Waals surface area contributed by atoms with Crippen LogP contribution in [0.2, 0.25) is 0 Å². The van der Waals surface area contributed by atoms with Gasteiger partial charge in [-0.1, -0.05) is 15.9 Å². The van der Waals surface area contributed by atoms with Crippen molar-refractivity contribution in [3.05, 3.63) is 0 Å². The minimum atomic E-state index is 0. The van der Waals surface area contributed by atoms with E-state index in [1.807, 2.05) is 0 Å². The van der Waals surface area contributed by atoms with Crippen LogP contribution in [-0.2, 0) is 0 Å². The van der Waals surface area contributed by atoms with Gasteiger partial charge < -0.3 is 4.90 Å². The van der Waals surface area contributed by atoms with Gasteiger partial charge in [-0.05, 0) is 32.4 Å². The van der Waals surface area contributed by atoms with E-state index in [9.17, 15) is 0 Å². The van der Waals surface area contributed by atoms with E-state index >= 15 is 0 Å². The summed E-state index contributed by atoms with van der Waals surface area (Å²) in [7, 11) is 2.20. The van der Waals surface area contributed by atoms with Crippen molar-refractivity contribution in [1.82, 2.24) is 4.90 Å². The minimum absolute atomic E-state index is 0. The predicted octanol–water partition coefficient (Wildman–Crippen LogP) is 2.30. The molecule has 1 rings (SSSR count). The van der Waals surface area contributed by atoms with Crippen LogP contribution in [0.25, 0.3) is 0 Å². The summed E-state index contributed by atoms with van der Waals surface area (Å²) in [5.41, 5.74) is 0. The molecule has 0 bridgehead atoms. The summed E-state index contributed by atoms with van der Waals surface area (Å²) >= 11 is 3.51. The Hall–Kier alpha value is 0.920. The average molecular weight is 273 g/mol. The van der Waals surface area contributed by atoms with E-state index in [0.29, 0.717) is 0 Å². The third-order valence-electron chi connectivity index (χ3n) is 1.94. The van der Waals surface area contributed by atoms with E-state index in [1.165, 1.54) is 31.3 Å². The van der Waals surface area contributed by atoms with E-state index in [1.54, 1.807) is 0 Å². The number of alkyl halides is 1. The molecule has 1 aliphatic heterocycles. The molecule has 0 aromatic carbocycles. The van der Waals surface area contributed by atoms with Crippen LogP contribution in [0.15, 0.2) is 0 Å². The lowest BCUT2D eigenvalue weighted by Crippen LogP contribution is -2.32. The zero-order valence-corrected chi connectivity index (χ0v) is 9.65. The third-order valence-corrected chi connectivity index (χ3v) is 2.86. The van der Waals surface area contributed by atoms with E-state index in [0.717, 1.165) is 5.92 Å². The SMILES string of the molecule is Br.CN1CCCC(CBr)C1. The lowest BCUT2D eigenvalue weighted by atomic mass is 10.0. The van der Waals surface area contributed by atoms with Gasteiger partial charge in [0.2, 0.25) is 0 Å². The Morgan fingerprint density at radius 3 is 2.70 bits per heavy atom. The highest BCUT2D eigenvalue weighted by Gasteiger charge is 2.14. The molecular formula is C7H15Br2N. The lowest BCUT2D eigenvalue weighted by Gasteiger charge is -2.28. The zero-order valence-electron chi connectivity index (χ0n) is 6.35. The molecule has 0 spiro atoms. The van der Waals surface area contributed by atoms with Gasteiger partial charge in [-0.25, -0.2) is 0 Å². The van der Waals surface area contributed by atoms with Gasteiger partial charge in [0.1, 0.15) is 0 Å². The summed E-state index contributed by atoms with van der Waals surface area (Å²) in [6.07, 6.45) is 2.79. The van der Waals surface area contributed by atoms with Crippen LogP contribution < -0.4 is 0 Å². The Morgan fingerprint density at radius 1 is 1.60 bits per heavy atom. The van der Waals surface area contributed by atoms with E-state index in [2.05, 4.69) is 27.9 Å². The van der Waals surface area contributed by atoms with Crippen molar-refractivity contribution in [2.45, 2.75) is 12.8 Å². The maximum Gasteiger partial charge on any atom is 0.00718 e. The smallest absolute Gasteiger partial charge is 0.00718 e. The molecule has 1 nitrogen and oxygen atoms in total. The largest absolute Gasteiger partial charge is 0.306 e. The number of likely N-dealkylation sites (tertiary alicyclic amines) is 1. The standard InChI is InChI=1S/C7H14BrN.BrH/c1-9-4-2-3-7(5-8)6-9;/h7H,2-6H2,1H3;1H.